The summed E-state index contributed by atoms with van der Waals surface area (Å²) < 4.78 is 33.6. The fraction of sp³-hybridized carbons (Fsp3) is 0.483. The minimum atomic E-state index is -1.89. The van der Waals surface area contributed by atoms with Gasteiger partial charge in [-0.15, -0.1) is 0 Å². The van der Waals surface area contributed by atoms with Gasteiger partial charge < -0.3 is 69.0 Å². The van der Waals surface area contributed by atoms with E-state index in [0.29, 0.717) is 11.3 Å². The van der Waals surface area contributed by atoms with Crippen molar-refractivity contribution >= 4 is 11.0 Å². The van der Waals surface area contributed by atoms with Crippen LogP contribution in [0.3, 0.4) is 0 Å². The molecule has 2 aromatic carbocycles. The van der Waals surface area contributed by atoms with Gasteiger partial charge in [0.1, 0.15) is 88.9 Å². The second kappa shape index (κ2) is 12.9. The van der Waals surface area contributed by atoms with Crippen LogP contribution in [0, 0.1) is 0 Å². The number of ether oxygens (including phenoxy) is 5. The molecule has 2 fully saturated rings. The summed E-state index contributed by atoms with van der Waals surface area (Å²) in [5.74, 6) is -0.0157. The van der Waals surface area contributed by atoms with E-state index in [1.54, 1.807) is 24.3 Å². The molecular weight excluding hydrogens is 588 g/mol. The van der Waals surface area contributed by atoms with Gasteiger partial charge in [-0.1, -0.05) is 0 Å². The Balaban J connectivity index is 1.60. The highest BCUT2D eigenvalue weighted by atomic mass is 16.7. The number of phenols is 1. The molecule has 2 aliphatic heterocycles. The van der Waals surface area contributed by atoms with Gasteiger partial charge >= 0.3 is 0 Å². The molecule has 2 aliphatic rings. The Hall–Kier alpha value is -3.35. The van der Waals surface area contributed by atoms with Crippen molar-refractivity contribution in [3.8, 4) is 28.6 Å². The Morgan fingerprint density at radius 1 is 0.795 bits per heavy atom. The van der Waals surface area contributed by atoms with Gasteiger partial charge in [0.05, 0.1) is 33.0 Å². The Morgan fingerprint density at radius 3 is 2.05 bits per heavy atom. The highest BCUT2D eigenvalue weighted by Gasteiger charge is 2.52. The van der Waals surface area contributed by atoms with E-state index in [2.05, 4.69) is 0 Å². The molecule has 0 bridgehead atoms. The molecule has 15 heteroatoms. The third-order valence-corrected chi connectivity index (χ3v) is 7.88. The number of aliphatic hydroxyl groups excluding tert-OH is 7. The van der Waals surface area contributed by atoms with E-state index in [-0.39, 0.29) is 28.0 Å². The smallest absolute Gasteiger partial charge is 0.197 e. The zero-order valence-electron chi connectivity index (χ0n) is 23.6. The van der Waals surface area contributed by atoms with Gasteiger partial charge in [-0.2, -0.15) is 0 Å². The molecule has 2 saturated heterocycles. The normalized spacial score (nSPS) is 32.5. The van der Waals surface area contributed by atoms with E-state index in [9.17, 15) is 45.6 Å². The summed E-state index contributed by atoms with van der Waals surface area (Å²) in [6, 6.07) is 9.17. The van der Waals surface area contributed by atoms with Crippen molar-refractivity contribution in [2.24, 2.45) is 0 Å². The molecule has 0 spiro atoms. The van der Waals surface area contributed by atoms with Gasteiger partial charge in [-0.25, -0.2) is 0 Å². The van der Waals surface area contributed by atoms with Crippen LogP contribution in [0.1, 0.15) is 11.7 Å². The maximum atomic E-state index is 13.4. The summed E-state index contributed by atoms with van der Waals surface area (Å²) in [6.45, 7) is -1.54. The Morgan fingerprint density at radius 2 is 1.43 bits per heavy atom. The summed E-state index contributed by atoms with van der Waals surface area (Å²) in [5, 5.41) is 83.2. The predicted octanol–water partition coefficient (Wildman–Crippen LogP) is -1.48. The van der Waals surface area contributed by atoms with Crippen LogP contribution in [0.25, 0.3) is 22.3 Å². The third-order valence-electron chi connectivity index (χ3n) is 7.88. The maximum Gasteiger partial charge on any atom is 0.197 e. The molecular formula is C29H34O15. The molecule has 0 amide bonds. The SMILES string of the molecule is COc1ccc(-c2cc(=O)c3c(O)c([C@@H]4O[C@H](CO)[C@@H](O)[C@H](O)[C@H]4O[C@@H]4O[C@H](CO)[C@@H](O)[C@H](O)[C@H]4O)c(OC)cc3o2)cc1. The number of fused-ring (bicyclic) bond motifs is 1. The van der Waals surface area contributed by atoms with Gasteiger partial charge in [0.2, 0.25) is 0 Å². The van der Waals surface area contributed by atoms with Gasteiger partial charge in [0.15, 0.2) is 11.7 Å². The van der Waals surface area contributed by atoms with E-state index in [0.717, 1.165) is 0 Å². The number of phenolic OH excluding ortho intramolecular Hbond substituents is 1. The highest BCUT2D eigenvalue weighted by molar-refractivity contribution is 5.88. The highest BCUT2D eigenvalue weighted by Crippen LogP contribution is 2.46. The first-order chi connectivity index (χ1) is 21.0. The van der Waals surface area contributed by atoms with Gasteiger partial charge in [0, 0.05) is 17.7 Å². The van der Waals surface area contributed by atoms with E-state index in [1.807, 2.05) is 0 Å². The van der Waals surface area contributed by atoms with Crippen molar-refractivity contribution < 1.29 is 69.0 Å². The number of hydrogen-bond acceptors (Lipinski definition) is 15. The van der Waals surface area contributed by atoms with Crippen molar-refractivity contribution in [3.63, 3.8) is 0 Å². The average Bonchev–Trinajstić information content (AvgIpc) is 3.03. The lowest BCUT2D eigenvalue weighted by atomic mass is 9.89. The molecule has 44 heavy (non-hydrogen) atoms. The van der Waals surface area contributed by atoms with Crippen molar-refractivity contribution in [3.05, 3.63) is 52.2 Å². The fourth-order valence-electron chi connectivity index (χ4n) is 5.45. The lowest BCUT2D eigenvalue weighted by molar-refractivity contribution is -0.342. The Kier molecular flexibility index (Phi) is 9.43. The minimum absolute atomic E-state index is 0.0667. The molecule has 15 nitrogen and oxygen atoms in total. The third kappa shape index (κ3) is 5.63. The van der Waals surface area contributed by atoms with Crippen molar-refractivity contribution in [1.29, 1.82) is 0 Å². The minimum Gasteiger partial charge on any atom is -0.506 e. The van der Waals surface area contributed by atoms with Crippen LogP contribution in [0.4, 0.5) is 0 Å². The molecule has 1 aromatic heterocycles. The van der Waals surface area contributed by atoms with Crippen LogP contribution >= 0.6 is 0 Å². The first kappa shape index (κ1) is 32.1. The fourth-order valence-corrected chi connectivity index (χ4v) is 5.45. The topological polar surface area (TPSA) is 238 Å². The summed E-state index contributed by atoms with van der Waals surface area (Å²) in [5.41, 5.74) is -0.412. The van der Waals surface area contributed by atoms with Crippen LogP contribution in [-0.2, 0) is 14.2 Å². The molecule has 0 aliphatic carbocycles. The van der Waals surface area contributed by atoms with E-state index >= 15 is 0 Å². The monoisotopic (exact) mass is 622 g/mol. The summed E-state index contributed by atoms with van der Waals surface area (Å²) >= 11 is 0. The van der Waals surface area contributed by atoms with Crippen LogP contribution in [0.5, 0.6) is 17.2 Å². The van der Waals surface area contributed by atoms with Crippen molar-refractivity contribution in [1.82, 2.24) is 0 Å². The molecule has 240 valence electrons. The quantitative estimate of drug-likeness (QED) is 0.143. The Labute approximate surface area is 249 Å². The summed E-state index contributed by atoms with van der Waals surface area (Å²) in [7, 11) is 2.76. The second-order valence-electron chi connectivity index (χ2n) is 10.5. The van der Waals surface area contributed by atoms with E-state index < -0.39 is 85.6 Å². The zero-order valence-corrected chi connectivity index (χ0v) is 23.6. The molecule has 10 atom stereocenters. The summed E-state index contributed by atoms with van der Waals surface area (Å²) in [6.07, 6.45) is -16.8. The second-order valence-corrected chi connectivity index (χ2v) is 10.5. The molecule has 5 rings (SSSR count). The molecule has 3 heterocycles. The predicted molar refractivity (Wildman–Crippen MR) is 148 cm³/mol. The van der Waals surface area contributed by atoms with Crippen LogP contribution in [0.2, 0.25) is 0 Å². The number of aliphatic hydroxyl groups is 7. The van der Waals surface area contributed by atoms with Crippen molar-refractivity contribution in [2.45, 2.75) is 61.2 Å². The Bertz CT molecular complexity index is 1510. The number of methoxy groups -OCH3 is 2. The van der Waals surface area contributed by atoms with E-state index in [1.165, 1.54) is 26.4 Å². The molecule has 0 radical (unpaired) electrons. The van der Waals surface area contributed by atoms with Gasteiger partial charge in [-0.05, 0) is 24.3 Å². The maximum absolute atomic E-state index is 13.4. The lowest BCUT2D eigenvalue weighted by Crippen LogP contribution is -2.62. The van der Waals surface area contributed by atoms with E-state index in [4.69, 9.17) is 28.1 Å². The molecule has 0 unspecified atom stereocenters. The largest absolute Gasteiger partial charge is 0.506 e. The first-order valence-corrected chi connectivity index (χ1v) is 13.6. The van der Waals surface area contributed by atoms with Gasteiger partial charge in [0.25, 0.3) is 0 Å². The van der Waals surface area contributed by atoms with Crippen molar-refractivity contribution in [2.75, 3.05) is 27.4 Å². The summed E-state index contributed by atoms with van der Waals surface area (Å²) in [4.78, 5) is 13.4. The average molecular weight is 623 g/mol. The zero-order chi connectivity index (χ0) is 31.9. The number of aromatic hydroxyl groups is 1. The van der Waals surface area contributed by atoms with Crippen LogP contribution < -0.4 is 14.9 Å². The number of hydrogen-bond donors (Lipinski definition) is 8. The molecule has 0 saturated carbocycles. The first-order valence-electron chi connectivity index (χ1n) is 13.6. The molecule has 8 N–H and O–H groups in total. The number of rotatable bonds is 8. The number of benzene rings is 2. The lowest BCUT2D eigenvalue weighted by Gasteiger charge is -2.46. The van der Waals surface area contributed by atoms with Crippen LogP contribution in [0.15, 0.2) is 45.6 Å². The van der Waals surface area contributed by atoms with Crippen LogP contribution in [-0.4, -0.2) is 123 Å². The van der Waals surface area contributed by atoms with Gasteiger partial charge in [-0.3, -0.25) is 4.79 Å². The molecule has 3 aromatic rings. The standard InChI is InChI=1S/C29H34O15/c1-39-12-5-3-11(4-6-12)14-7-13(32)19-16(41-14)8-15(40-2)20(23(19)35)27-28(25(37)22(34)17(9-30)42-27)44-29-26(38)24(36)21(33)18(10-31)43-29/h3-8,17-18,21-22,24-31,33-38H,9-10H2,1-2H3/t17-,18-,21-,22-,24+,25+,26-,27+,28-,29+/m1/s1.